The monoisotopic (exact) mass is 180 g/mol. The van der Waals surface area contributed by atoms with E-state index in [-0.39, 0.29) is 0 Å². The van der Waals surface area contributed by atoms with Crippen LogP contribution in [0.25, 0.3) is 0 Å². The highest BCUT2D eigenvalue weighted by Crippen LogP contribution is 2.24. The Morgan fingerprint density at radius 3 is 1.83 bits per heavy atom. The smallest absolute Gasteiger partial charge is 0.121 e. The van der Waals surface area contributed by atoms with Crippen molar-refractivity contribution < 1.29 is 5.11 Å². The zero-order chi connectivity index (χ0) is 9.46. The van der Waals surface area contributed by atoms with Crippen molar-refractivity contribution in [2.24, 2.45) is 0 Å². The molecule has 1 aromatic rings. The lowest BCUT2D eigenvalue weighted by Crippen LogP contribution is -2.14. The maximum absolute atomic E-state index is 9.71. The van der Waals surface area contributed by atoms with E-state index in [4.69, 9.17) is 0 Å². The van der Waals surface area contributed by atoms with E-state index in [0.717, 1.165) is 21.4 Å². The van der Waals surface area contributed by atoms with Crippen LogP contribution in [-0.2, 0) is 0 Å². The van der Waals surface area contributed by atoms with Gasteiger partial charge in [0.2, 0.25) is 0 Å². The largest absolute Gasteiger partial charge is 0.507 e. The first-order valence-corrected chi connectivity index (χ1v) is 5.22. The first kappa shape index (κ1) is 9.33. The molecule has 0 aliphatic heterocycles. The Bertz CT molecular complexity index is 224. The molecule has 0 amide bonds. The number of phenols is 1. The van der Waals surface area contributed by atoms with E-state index in [1.165, 1.54) is 16.3 Å². The van der Waals surface area contributed by atoms with Gasteiger partial charge in [0.1, 0.15) is 5.75 Å². The Balaban J connectivity index is 3.60. The maximum Gasteiger partial charge on any atom is 0.121 e. The van der Waals surface area contributed by atoms with Crippen molar-refractivity contribution in [2.45, 2.75) is 27.7 Å². The Kier molecular flexibility index (Phi) is 2.28. The average Bonchev–Trinajstić information content (AvgIpc) is 2.08. The molecular weight excluding hydrogens is 164 g/mol. The summed E-state index contributed by atoms with van der Waals surface area (Å²) in [6.07, 6.45) is 0. The summed E-state index contributed by atoms with van der Waals surface area (Å²) >= 11 is 0. The van der Waals surface area contributed by atoms with Crippen LogP contribution in [0.1, 0.15) is 22.3 Å². The van der Waals surface area contributed by atoms with Crippen LogP contribution in [0.4, 0.5) is 0 Å². The second-order valence-electron chi connectivity index (χ2n) is 3.47. The van der Waals surface area contributed by atoms with Crippen LogP contribution in [-0.4, -0.2) is 15.3 Å². The third kappa shape index (κ3) is 1.16. The minimum absolute atomic E-state index is 0.489. The van der Waals surface area contributed by atoms with Crippen LogP contribution in [0.3, 0.4) is 0 Å². The second kappa shape index (κ2) is 2.94. The predicted octanol–water partition coefficient (Wildman–Crippen LogP) is 0.617. The molecule has 0 fully saturated rings. The molecule has 0 bridgehead atoms. The summed E-state index contributed by atoms with van der Waals surface area (Å²) < 4.78 is 0. The van der Waals surface area contributed by atoms with Gasteiger partial charge in [-0.1, -0.05) is 5.19 Å². The summed E-state index contributed by atoms with van der Waals surface area (Å²) in [7, 11) is 1.01. The van der Waals surface area contributed by atoms with Crippen LogP contribution in [0.5, 0.6) is 5.75 Å². The quantitative estimate of drug-likeness (QED) is 0.580. The summed E-state index contributed by atoms with van der Waals surface area (Å²) in [5, 5.41) is 11.1. The van der Waals surface area contributed by atoms with Crippen molar-refractivity contribution in [3.05, 3.63) is 22.3 Å². The summed E-state index contributed by atoms with van der Waals surface area (Å²) in [5.74, 6) is 0.489. The fraction of sp³-hybridized carbons (Fsp3) is 0.400. The molecule has 0 aliphatic rings. The van der Waals surface area contributed by atoms with Gasteiger partial charge in [-0.2, -0.15) is 0 Å². The van der Waals surface area contributed by atoms with Gasteiger partial charge in [-0.05, 0) is 49.9 Å². The summed E-state index contributed by atoms with van der Waals surface area (Å²) in [6.45, 7) is 8.19. The molecule has 2 heteroatoms. The molecule has 0 aromatic heterocycles. The normalized spacial score (nSPS) is 10.7. The van der Waals surface area contributed by atoms with Gasteiger partial charge >= 0.3 is 0 Å². The lowest BCUT2D eigenvalue weighted by Gasteiger charge is -2.14. The van der Waals surface area contributed by atoms with Crippen molar-refractivity contribution in [1.82, 2.24) is 0 Å². The molecule has 66 valence electrons. The van der Waals surface area contributed by atoms with Gasteiger partial charge in [-0.25, -0.2) is 0 Å². The number of aromatic hydroxyl groups is 1. The van der Waals surface area contributed by atoms with Gasteiger partial charge in [-0.3, -0.25) is 0 Å². The SMILES string of the molecule is Cc1c(C)c(O)c(C)c([SiH3])c1C. The number of hydrogen-bond donors (Lipinski definition) is 1. The third-order valence-electron chi connectivity index (χ3n) is 2.96. The van der Waals surface area contributed by atoms with E-state index in [1.54, 1.807) is 0 Å². The van der Waals surface area contributed by atoms with Gasteiger partial charge < -0.3 is 5.11 Å². The van der Waals surface area contributed by atoms with Crippen LogP contribution >= 0.6 is 0 Å². The van der Waals surface area contributed by atoms with Crippen LogP contribution < -0.4 is 5.19 Å². The van der Waals surface area contributed by atoms with Crippen LogP contribution in [0, 0.1) is 27.7 Å². The van der Waals surface area contributed by atoms with E-state index in [1.807, 2.05) is 13.8 Å². The lowest BCUT2D eigenvalue weighted by molar-refractivity contribution is 0.467. The van der Waals surface area contributed by atoms with E-state index in [9.17, 15) is 5.11 Å². The van der Waals surface area contributed by atoms with Crippen molar-refractivity contribution in [2.75, 3.05) is 0 Å². The van der Waals surface area contributed by atoms with Crippen molar-refractivity contribution in [3.63, 3.8) is 0 Å². The standard InChI is InChI=1S/C10H16OSi/c1-5-6(2)9(11)8(4)10(12)7(5)3/h11H,1-4,12H3. The van der Waals surface area contributed by atoms with E-state index < -0.39 is 0 Å². The highest BCUT2D eigenvalue weighted by Gasteiger charge is 2.09. The van der Waals surface area contributed by atoms with Gasteiger partial charge in [0.05, 0.1) is 0 Å². The molecule has 0 saturated carbocycles. The van der Waals surface area contributed by atoms with E-state index in [0.29, 0.717) is 5.75 Å². The van der Waals surface area contributed by atoms with Gasteiger partial charge in [0.15, 0.2) is 0 Å². The van der Waals surface area contributed by atoms with E-state index >= 15 is 0 Å². The summed E-state index contributed by atoms with van der Waals surface area (Å²) in [4.78, 5) is 0. The highest BCUT2D eigenvalue weighted by molar-refractivity contribution is 6.34. The predicted molar refractivity (Wildman–Crippen MR) is 56.6 cm³/mol. The molecule has 0 radical (unpaired) electrons. The Hall–Kier alpha value is -0.763. The van der Waals surface area contributed by atoms with Crippen LogP contribution in [0.15, 0.2) is 0 Å². The van der Waals surface area contributed by atoms with E-state index in [2.05, 4.69) is 13.8 Å². The number of rotatable bonds is 0. The molecule has 0 unspecified atom stereocenters. The zero-order valence-electron chi connectivity index (χ0n) is 8.45. The summed E-state index contributed by atoms with van der Waals surface area (Å²) in [6, 6.07) is 0. The molecule has 1 rings (SSSR count). The highest BCUT2D eigenvalue weighted by atomic mass is 28.1. The first-order chi connectivity index (χ1) is 5.46. The summed E-state index contributed by atoms with van der Waals surface area (Å²) in [5.41, 5.74) is 4.70. The Labute approximate surface area is 76.9 Å². The Morgan fingerprint density at radius 1 is 0.833 bits per heavy atom. The van der Waals surface area contributed by atoms with Crippen molar-refractivity contribution in [3.8, 4) is 5.75 Å². The van der Waals surface area contributed by atoms with Gasteiger partial charge in [-0.15, -0.1) is 0 Å². The lowest BCUT2D eigenvalue weighted by atomic mass is 9.99. The van der Waals surface area contributed by atoms with Gasteiger partial charge in [0, 0.05) is 10.2 Å². The molecule has 1 aromatic carbocycles. The molecule has 0 atom stereocenters. The zero-order valence-corrected chi connectivity index (χ0v) is 10.4. The number of hydrogen-bond acceptors (Lipinski definition) is 1. The Morgan fingerprint density at radius 2 is 1.33 bits per heavy atom. The maximum atomic E-state index is 9.71. The van der Waals surface area contributed by atoms with Crippen molar-refractivity contribution in [1.29, 1.82) is 0 Å². The topological polar surface area (TPSA) is 20.2 Å². The molecule has 1 nitrogen and oxygen atoms in total. The number of phenolic OH excluding ortho intramolecular Hbond substituents is 1. The van der Waals surface area contributed by atoms with Crippen LogP contribution in [0.2, 0.25) is 0 Å². The van der Waals surface area contributed by atoms with Gasteiger partial charge in [0.25, 0.3) is 0 Å². The fourth-order valence-electron chi connectivity index (χ4n) is 1.48. The fourth-order valence-corrected chi connectivity index (χ4v) is 2.09. The van der Waals surface area contributed by atoms with Crippen molar-refractivity contribution >= 4 is 15.4 Å². The minimum Gasteiger partial charge on any atom is -0.507 e. The minimum atomic E-state index is 0.489. The molecule has 1 N–H and O–H groups in total. The molecule has 0 aliphatic carbocycles. The number of benzene rings is 1. The first-order valence-electron chi connectivity index (χ1n) is 4.22. The molecule has 0 saturated heterocycles. The molecular formula is C10H16OSi. The molecule has 0 heterocycles. The average molecular weight is 180 g/mol. The molecule has 0 spiro atoms. The molecule has 12 heavy (non-hydrogen) atoms. The third-order valence-corrected chi connectivity index (χ3v) is 4.46. The second-order valence-corrected chi connectivity index (χ2v) is 4.47.